The third kappa shape index (κ3) is 6.23. The Hall–Kier alpha value is -3.77. The van der Waals surface area contributed by atoms with Gasteiger partial charge in [0, 0.05) is 29.1 Å². The van der Waals surface area contributed by atoms with Crippen molar-refractivity contribution in [2.24, 2.45) is 0 Å². The summed E-state index contributed by atoms with van der Waals surface area (Å²) in [6.07, 6.45) is 0. The summed E-state index contributed by atoms with van der Waals surface area (Å²) in [6, 6.07) is 19.1. The molecule has 13 heteroatoms. The van der Waals surface area contributed by atoms with E-state index in [0.717, 1.165) is 0 Å². The molecule has 0 aliphatic carbocycles. The molecule has 5 rings (SSSR count). The predicted octanol–water partition coefficient (Wildman–Crippen LogP) is 8.16. The second kappa shape index (κ2) is 12.7. The van der Waals surface area contributed by atoms with Gasteiger partial charge in [-0.05, 0) is 96.0 Å². The van der Waals surface area contributed by atoms with Crippen molar-refractivity contribution in [1.82, 2.24) is 4.90 Å². The van der Waals surface area contributed by atoms with E-state index in [1.807, 2.05) is 0 Å². The van der Waals surface area contributed by atoms with Crippen molar-refractivity contribution in [3.8, 4) is 0 Å². The number of amides is 1. The van der Waals surface area contributed by atoms with Gasteiger partial charge in [0.05, 0.1) is 27.7 Å². The van der Waals surface area contributed by atoms with E-state index in [2.05, 4.69) is 15.9 Å². The van der Waals surface area contributed by atoms with E-state index in [9.17, 15) is 23.1 Å². The van der Waals surface area contributed by atoms with Crippen molar-refractivity contribution in [2.45, 2.75) is 31.8 Å². The molecule has 0 saturated heterocycles. The van der Waals surface area contributed by atoms with E-state index in [4.69, 9.17) is 32.0 Å². The molecule has 2 heterocycles. The average molecular weight is 720 g/mol. The van der Waals surface area contributed by atoms with Crippen molar-refractivity contribution in [3.63, 3.8) is 0 Å². The zero-order chi connectivity index (χ0) is 31.8. The van der Waals surface area contributed by atoms with Gasteiger partial charge >= 0.3 is 5.97 Å². The van der Waals surface area contributed by atoms with Gasteiger partial charge in [0.1, 0.15) is 11.3 Å². The second-order valence-electron chi connectivity index (χ2n) is 9.81. The topological polar surface area (TPSA) is 121 Å². The van der Waals surface area contributed by atoms with E-state index in [-0.39, 0.29) is 46.5 Å². The SMILES string of the molecule is CCN(c1ccc(Cl)cc1CN(Cc1ccc(Br)o1)C(=O)c1ccccc1Cl)S(=O)(=O)c1ccc2oc(C(=O)O)c(C)c2c1. The van der Waals surface area contributed by atoms with E-state index >= 15 is 0 Å². The van der Waals surface area contributed by atoms with Crippen molar-refractivity contribution in [3.05, 3.63) is 116 Å². The summed E-state index contributed by atoms with van der Waals surface area (Å²) in [5.41, 5.74) is 1.62. The predicted molar refractivity (Wildman–Crippen MR) is 171 cm³/mol. The number of carboxylic acids is 1. The van der Waals surface area contributed by atoms with Gasteiger partial charge in [0.15, 0.2) is 4.67 Å². The Labute approximate surface area is 271 Å². The maximum Gasteiger partial charge on any atom is 0.372 e. The van der Waals surface area contributed by atoms with Crippen LogP contribution in [0, 0.1) is 6.92 Å². The zero-order valence-corrected chi connectivity index (χ0v) is 27.3. The zero-order valence-electron chi connectivity index (χ0n) is 23.4. The van der Waals surface area contributed by atoms with E-state index < -0.39 is 21.9 Å². The van der Waals surface area contributed by atoms with E-state index in [0.29, 0.717) is 37.7 Å². The number of furan rings is 2. The number of aryl methyl sites for hydroxylation is 1. The normalized spacial score (nSPS) is 11.6. The van der Waals surface area contributed by atoms with Crippen LogP contribution in [-0.2, 0) is 23.1 Å². The van der Waals surface area contributed by atoms with Crippen LogP contribution >= 0.6 is 39.1 Å². The quantitative estimate of drug-likeness (QED) is 0.155. The lowest BCUT2D eigenvalue weighted by atomic mass is 10.1. The Kier molecular flexibility index (Phi) is 9.12. The minimum atomic E-state index is -4.18. The third-order valence-electron chi connectivity index (χ3n) is 7.02. The van der Waals surface area contributed by atoms with Crippen molar-refractivity contribution >= 4 is 77.7 Å². The molecular weight excluding hydrogens is 695 g/mol. The second-order valence-corrected chi connectivity index (χ2v) is 13.3. The number of fused-ring (bicyclic) bond motifs is 1. The fourth-order valence-electron chi connectivity index (χ4n) is 4.92. The van der Waals surface area contributed by atoms with Crippen molar-refractivity contribution < 1.29 is 31.9 Å². The third-order valence-corrected chi connectivity index (χ3v) is 9.89. The van der Waals surface area contributed by atoms with Crippen LogP contribution in [0.4, 0.5) is 5.69 Å². The number of carbonyl (C=O) groups excluding carboxylic acids is 1. The molecule has 0 unspecified atom stereocenters. The number of rotatable bonds is 10. The fraction of sp³-hybridized carbons (Fsp3) is 0.161. The minimum absolute atomic E-state index is 0.0356. The Morgan fingerprint density at radius 3 is 2.36 bits per heavy atom. The smallest absolute Gasteiger partial charge is 0.372 e. The van der Waals surface area contributed by atoms with Gasteiger partial charge in [0.2, 0.25) is 5.76 Å². The Morgan fingerprint density at radius 1 is 0.955 bits per heavy atom. The molecule has 0 atom stereocenters. The highest BCUT2D eigenvalue weighted by Gasteiger charge is 2.29. The number of halogens is 3. The van der Waals surface area contributed by atoms with Crippen LogP contribution in [0.1, 0.15) is 44.7 Å². The molecule has 1 amide bonds. The van der Waals surface area contributed by atoms with Crippen LogP contribution in [0.2, 0.25) is 10.0 Å². The van der Waals surface area contributed by atoms with Gasteiger partial charge in [-0.3, -0.25) is 9.10 Å². The Balaban J connectivity index is 1.57. The largest absolute Gasteiger partial charge is 0.475 e. The molecule has 2 aromatic heterocycles. The highest BCUT2D eigenvalue weighted by Crippen LogP contribution is 2.34. The van der Waals surface area contributed by atoms with Gasteiger partial charge < -0.3 is 18.8 Å². The van der Waals surface area contributed by atoms with Crippen LogP contribution < -0.4 is 4.31 Å². The summed E-state index contributed by atoms with van der Waals surface area (Å²) in [5.74, 6) is -1.41. The number of hydrogen-bond donors (Lipinski definition) is 1. The van der Waals surface area contributed by atoms with Gasteiger partial charge in [-0.2, -0.15) is 0 Å². The highest BCUT2D eigenvalue weighted by atomic mass is 79.9. The molecule has 1 N–H and O–H groups in total. The number of sulfonamides is 1. The molecule has 0 saturated carbocycles. The number of aromatic carboxylic acids is 1. The van der Waals surface area contributed by atoms with Crippen molar-refractivity contribution in [1.29, 1.82) is 0 Å². The highest BCUT2D eigenvalue weighted by molar-refractivity contribution is 9.10. The van der Waals surface area contributed by atoms with Gasteiger partial charge in [-0.25, -0.2) is 13.2 Å². The average Bonchev–Trinajstić information content (AvgIpc) is 3.55. The molecule has 0 spiro atoms. The maximum atomic E-state index is 14.1. The summed E-state index contributed by atoms with van der Waals surface area (Å²) in [6.45, 7) is 3.31. The standard InChI is InChI=1S/C31H25BrCl2N2O7S/c1-3-36(44(40,41)22-10-12-27-24(15-22)18(2)29(43-27)31(38)39)26-11-8-20(33)14-19(26)16-35(17-21-9-13-28(32)42-21)30(37)23-6-4-5-7-25(23)34/h4-15H,3,16-17H2,1-2H3,(H,38,39). The van der Waals surface area contributed by atoms with Crippen LogP contribution in [0.3, 0.4) is 0 Å². The Bertz CT molecular complexity index is 2010. The molecular formula is C31H25BrCl2N2O7S. The molecule has 44 heavy (non-hydrogen) atoms. The number of nitrogens with zero attached hydrogens (tertiary/aromatic N) is 2. The lowest BCUT2D eigenvalue weighted by Gasteiger charge is -2.28. The van der Waals surface area contributed by atoms with Gasteiger partial charge in [-0.1, -0.05) is 35.3 Å². The van der Waals surface area contributed by atoms with E-state index in [1.165, 1.54) is 27.4 Å². The van der Waals surface area contributed by atoms with Gasteiger partial charge in [-0.15, -0.1) is 0 Å². The molecule has 9 nitrogen and oxygen atoms in total. The summed E-state index contributed by atoms with van der Waals surface area (Å²) in [4.78, 5) is 26.8. The first-order chi connectivity index (χ1) is 20.9. The minimum Gasteiger partial charge on any atom is -0.475 e. The first-order valence-corrected chi connectivity index (χ1v) is 16.2. The fourth-order valence-corrected chi connectivity index (χ4v) is 7.21. The molecule has 3 aromatic carbocycles. The lowest BCUT2D eigenvalue weighted by molar-refractivity contribution is 0.0662. The number of carbonyl (C=O) groups is 2. The molecule has 0 fully saturated rings. The van der Waals surface area contributed by atoms with Crippen LogP contribution in [0.25, 0.3) is 11.0 Å². The summed E-state index contributed by atoms with van der Waals surface area (Å²) in [7, 11) is -4.18. The number of anilines is 1. The first kappa shape index (κ1) is 31.6. The molecule has 0 aliphatic heterocycles. The van der Waals surface area contributed by atoms with E-state index in [1.54, 1.807) is 68.4 Å². The lowest BCUT2D eigenvalue weighted by Crippen LogP contribution is -2.34. The Morgan fingerprint density at radius 2 is 1.70 bits per heavy atom. The first-order valence-electron chi connectivity index (χ1n) is 13.3. The molecule has 0 aliphatic rings. The molecule has 0 radical (unpaired) electrons. The number of carboxylic acid groups (broad SMARTS) is 1. The maximum absolute atomic E-state index is 14.1. The van der Waals surface area contributed by atoms with Crippen LogP contribution in [0.15, 0.2) is 91.2 Å². The molecule has 228 valence electrons. The number of benzene rings is 3. The summed E-state index contributed by atoms with van der Waals surface area (Å²) >= 11 is 16.1. The monoisotopic (exact) mass is 718 g/mol. The van der Waals surface area contributed by atoms with Crippen LogP contribution in [0.5, 0.6) is 0 Å². The summed E-state index contributed by atoms with van der Waals surface area (Å²) in [5, 5.41) is 10.4. The number of hydrogen-bond acceptors (Lipinski definition) is 6. The molecule has 5 aromatic rings. The summed E-state index contributed by atoms with van der Waals surface area (Å²) < 4.78 is 41.0. The van der Waals surface area contributed by atoms with Crippen molar-refractivity contribution in [2.75, 3.05) is 10.8 Å². The van der Waals surface area contributed by atoms with Gasteiger partial charge in [0.25, 0.3) is 15.9 Å². The van der Waals surface area contributed by atoms with Crippen LogP contribution in [-0.4, -0.2) is 36.8 Å². The molecule has 0 bridgehead atoms.